The summed E-state index contributed by atoms with van der Waals surface area (Å²) in [5, 5.41) is 6.78. The number of carbonyl (C=O) groups is 1. The number of hydrogen-bond donors (Lipinski definition) is 2. The molecule has 2 heterocycles. The third kappa shape index (κ3) is 3.92. The van der Waals surface area contributed by atoms with Gasteiger partial charge in [-0.1, -0.05) is 23.7 Å². The van der Waals surface area contributed by atoms with Crippen LogP contribution in [0.1, 0.15) is 33.9 Å². The Morgan fingerprint density at radius 3 is 2.59 bits per heavy atom. The van der Waals surface area contributed by atoms with E-state index in [-0.39, 0.29) is 17.2 Å². The monoisotopic (exact) mass is 448 g/mol. The number of fused-ring (bicyclic) bond motifs is 1. The first-order chi connectivity index (χ1) is 15.6. The van der Waals surface area contributed by atoms with Crippen molar-refractivity contribution in [2.24, 2.45) is 0 Å². The molecule has 1 saturated heterocycles. The van der Waals surface area contributed by atoms with Crippen molar-refractivity contribution in [1.82, 2.24) is 9.88 Å². The highest BCUT2D eigenvalue weighted by Crippen LogP contribution is 2.39. The van der Waals surface area contributed by atoms with E-state index in [9.17, 15) is 9.59 Å². The zero-order chi connectivity index (χ0) is 22.1. The lowest BCUT2D eigenvalue weighted by Crippen LogP contribution is -2.43. The minimum Gasteiger partial charge on any atom is -0.369 e. The number of benzene rings is 2. The van der Waals surface area contributed by atoms with Gasteiger partial charge >= 0.3 is 0 Å². The number of piperazine rings is 1. The molecule has 1 fully saturated rings. The largest absolute Gasteiger partial charge is 0.369 e. The number of nitrogens with one attached hydrogen (secondary N) is 2. The van der Waals surface area contributed by atoms with Crippen molar-refractivity contribution in [1.29, 1.82) is 0 Å². The average Bonchev–Trinajstić information content (AvgIpc) is 3.25. The van der Waals surface area contributed by atoms with Crippen LogP contribution in [0.25, 0.3) is 0 Å². The van der Waals surface area contributed by atoms with E-state index < -0.39 is 5.91 Å². The minimum atomic E-state index is -0.417. The van der Waals surface area contributed by atoms with E-state index in [4.69, 9.17) is 11.6 Å². The Morgan fingerprint density at radius 1 is 1.03 bits per heavy atom. The molecule has 1 aromatic heterocycles. The summed E-state index contributed by atoms with van der Waals surface area (Å²) in [6, 6.07) is 16.5. The lowest BCUT2D eigenvalue weighted by atomic mass is 10.0. The second kappa shape index (κ2) is 8.81. The van der Waals surface area contributed by atoms with Gasteiger partial charge in [-0.15, -0.1) is 0 Å². The maximum absolute atomic E-state index is 13.3. The van der Waals surface area contributed by atoms with Crippen molar-refractivity contribution >= 4 is 28.9 Å². The van der Waals surface area contributed by atoms with Gasteiger partial charge in [-0.2, -0.15) is 0 Å². The first kappa shape index (κ1) is 20.8. The molecule has 2 N–H and O–H groups in total. The van der Waals surface area contributed by atoms with E-state index in [0.29, 0.717) is 10.7 Å². The highest BCUT2D eigenvalue weighted by Gasteiger charge is 2.29. The normalized spacial score (nSPS) is 17.8. The van der Waals surface area contributed by atoms with Gasteiger partial charge in [0.15, 0.2) is 0 Å². The summed E-state index contributed by atoms with van der Waals surface area (Å²) in [6.07, 6.45) is 3.56. The fourth-order valence-corrected chi connectivity index (χ4v) is 4.89. The number of hydrogen-bond acceptors (Lipinski definition) is 4. The molecule has 1 atom stereocenters. The van der Waals surface area contributed by atoms with Crippen molar-refractivity contribution in [3.05, 3.63) is 92.9 Å². The fraction of sp³-hybridized carbons (Fsp3) is 0.280. The summed E-state index contributed by atoms with van der Waals surface area (Å²) >= 11 is 5.91. The Kier molecular flexibility index (Phi) is 5.72. The number of aromatic nitrogens is 1. The molecule has 1 amide bonds. The Morgan fingerprint density at radius 2 is 1.81 bits per heavy atom. The van der Waals surface area contributed by atoms with E-state index in [0.717, 1.165) is 39.0 Å². The van der Waals surface area contributed by atoms with E-state index in [1.807, 2.05) is 0 Å². The van der Waals surface area contributed by atoms with Crippen molar-refractivity contribution in [3.8, 4) is 0 Å². The zero-order valence-corrected chi connectivity index (χ0v) is 18.4. The predicted molar refractivity (Wildman–Crippen MR) is 128 cm³/mol. The summed E-state index contributed by atoms with van der Waals surface area (Å²) in [5.41, 5.74) is 4.23. The van der Waals surface area contributed by atoms with Gasteiger partial charge in [0.25, 0.3) is 11.5 Å². The van der Waals surface area contributed by atoms with Gasteiger partial charge < -0.3 is 20.1 Å². The molecule has 5 rings (SSSR count). The standard InChI is InChI=1S/C25H25ClN4O2/c26-17-6-8-18(9-7-17)28-24(31)21-4-2-14-30(25(21)32)23-11-10-20-19(23)3-1-5-22(20)29-15-12-27-13-16-29/h1-9,14,23,27H,10-13,15-16H2,(H,28,31). The molecule has 1 unspecified atom stereocenters. The fourth-order valence-electron chi connectivity index (χ4n) is 4.76. The zero-order valence-electron chi connectivity index (χ0n) is 17.7. The third-order valence-corrected chi connectivity index (χ3v) is 6.58. The maximum Gasteiger partial charge on any atom is 0.263 e. The minimum absolute atomic E-state index is 0.0661. The van der Waals surface area contributed by atoms with Crippen LogP contribution >= 0.6 is 11.6 Å². The van der Waals surface area contributed by atoms with Crippen LogP contribution in [0.3, 0.4) is 0 Å². The van der Waals surface area contributed by atoms with Gasteiger partial charge in [-0.25, -0.2) is 0 Å². The van der Waals surface area contributed by atoms with Crippen LogP contribution in [-0.4, -0.2) is 36.7 Å². The van der Waals surface area contributed by atoms with Crippen LogP contribution in [0.5, 0.6) is 0 Å². The lowest BCUT2D eigenvalue weighted by molar-refractivity contribution is 0.102. The molecular formula is C25H25ClN4O2. The molecule has 0 saturated carbocycles. The van der Waals surface area contributed by atoms with Gasteiger partial charge in [-0.3, -0.25) is 9.59 Å². The Balaban J connectivity index is 1.44. The van der Waals surface area contributed by atoms with Gasteiger partial charge in [0.05, 0.1) is 6.04 Å². The van der Waals surface area contributed by atoms with Crippen molar-refractivity contribution < 1.29 is 4.79 Å². The summed E-state index contributed by atoms with van der Waals surface area (Å²) in [7, 11) is 0. The molecule has 0 bridgehead atoms. The lowest BCUT2D eigenvalue weighted by Gasteiger charge is -2.31. The van der Waals surface area contributed by atoms with Crippen molar-refractivity contribution in [2.45, 2.75) is 18.9 Å². The summed E-state index contributed by atoms with van der Waals surface area (Å²) < 4.78 is 1.71. The summed E-state index contributed by atoms with van der Waals surface area (Å²) in [6.45, 7) is 3.94. The van der Waals surface area contributed by atoms with E-state index in [2.05, 4.69) is 33.7 Å². The number of amides is 1. The van der Waals surface area contributed by atoms with E-state index in [1.165, 1.54) is 16.8 Å². The highest BCUT2D eigenvalue weighted by molar-refractivity contribution is 6.30. The predicted octanol–water partition coefficient (Wildman–Crippen LogP) is 3.70. The second-order valence-corrected chi connectivity index (χ2v) is 8.67. The Hall–Kier alpha value is -3.09. The van der Waals surface area contributed by atoms with Crippen LogP contribution < -0.4 is 21.1 Å². The van der Waals surface area contributed by atoms with Gasteiger partial charge in [0.1, 0.15) is 5.56 Å². The first-order valence-corrected chi connectivity index (χ1v) is 11.3. The van der Waals surface area contributed by atoms with Crippen LogP contribution in [0.2, 0.25) is 5.02 Å². The smallest absolute Gasteiger partial charge is 0.263 e. The molecule has 2 aliphatic rings. The molecule has 0 spiro atoms. The molecule has 3 aromatic rings. The second-order valence-electron chi connectivity index (χ2n) is 8.23. The van der Waals surface area contributed by atoms with E-state index >= 15 is 0 Å². The molecule has 2 aromatic carbocycles. The first-order valence-electron chi connectivity index (χ1n) is 11.0. The van der Waals surface area contributed by atoms with Gasteiger partial charge in [-0.05, 0) is 66.4 Å². The number of pyridine rings is 1. The molecule has 1 aliphatic heterocycles. The number of anilines is 2. The molecule has 7 heteroatoms. The topological polar surface area (TPSA) is 66.4 Å². The van der Waals surface area contributed by atoms with Crippen molar-refractivity contribution in [2.75, 3.05) is 36.4 Å². The SMILES string of the molecule is O=C(Nc1ccc(Cl)cc1)c1cccn(C2CCc3c2cccc3N2CCNCC2)c1=O. The van der Waals surface area contributed by atoms with Crippen LogP contribution in [0.15, 0.2) is 65.6 Å². The number of carbonyl (C=O) groups excluding carboxylic acids is 1. The number of halogens is 1. The molecule has 164 valence electrons. The van der Waals surface area contributed by atoms with E-state index in [1.54, 1.807) is 47.2 Å². The number of rotatable bonds is 4. The quantitative estimate of drug-likeness (QED) is 0.638. The Labute approximate surface area is 191 Å². The summed E-state index contributed by atoms with van der Waals surface area (Å²) in [5.74, 6) is -0.417. The molecule has 32 heavy (non-hydrogen) atoms. The van der Waals surface area contributed by atoms with Gasteiger partial charge in [0.2, 0.25) is 0 Å². The van der Waals surface area contributed by atoms with Crippen molar-refractivity contribution in [3.63, 3.8) is 0 Å². The van der Waals surface area contributed by atoms with Crippen LogP contribution in [0.4, 0.5) is 11.4 Å². The molecule has 1 aliphatic carbocycles. The summed E-state index contributed by atoms with van der Waals surface area (Å²) in [4.78, 5) is 28.6. The van der Waals surface area contributed by atoms with Crippen LogP contribution in [0, 0.1) is 0 Å². The molecular weight excluding hydrogens is 424 g/mol. The Bertz CT molecular complexity index is 1200. The highest BCUT2D eigenvalue weighted by atomic mass is 35.5. The number of nitrogens with zero attached hydrogens (tertiary/aromatic N) is 2. The third-order valence-electron chi connectivity index (χ3n) is 6.33. The molecule has 0 radical (unpaired) electrons. The van der Waals surface area contributed by atoms with Crippen LogP contribution in [-0.2, 0) is 6.42 Å². The van der Waals surface area contributed by atoms with Gasteiger partial charge in [0, 0.05) is 48.8 Å². The maximum atomic E-state index is 13.3. The average molecular weight is 449 g/mol. The molecule has 6 nitrogen and oxygen atoms in total.